The maximum Gasteiger partial charge on any atom is 0.240 e. The van der Waals surface area contributed by atoms with Gasteiger partial charge in [-0.15, -0.1) is 0 Å². The van der Waals surface area contributed by atoms with Crippen LogP contribution >= 0.6 is 11.6 Å². The van der Waals surface area contributed by atoms with Gasteiger partial charge in [0.05, 0.1) is 29.2 Å². The maximum atomic E-state index is 11.3. The van der Waals surface area contributed by atoms with E-state index in [1.165, 1.54) is 0 Å². The first-order chi connectivity index (χ1) is 14.6. The van der Waals surface area contributed by atoms with Crippen molar-refractivity contribution in [2.45, 2.75) is 26.3 Å². The number of hydrazone groups is 1. The fourth-order valence-electron chi connectivity index (χ4n) is 3.41. The van der Waals surface area contributed by atoms with Crippen LogP contribution in [0.25, 0.3) is 10.9 Å². The van der Waals surface area contributed by atoms with Crippen molar-refractivity contribution in [3.05, 3.63) is 64.2 Å². The molecule has 1 amide bonds. The van der Waals surface area contributed by atoms with Crippen LogP contribution in [-0.4, -0.2) is 33.7 Å². The molecule has 30 heavy (non-hydrogen) atoms. The van der Waals surface area contributed by atoms with Crippen molar-refractivity contribution >= 4 is 46.6 Å². The minimum atomic E-state index is -0.0768. The van der Waals surface area contributed by atoms with Crippen LogP contribution in [0.2, 0.25) is 5.02 Å². The van der Waals surface area contributed by atoms with Crippen molar-refractivity contribution in [3.8, 4) is 5.88 Å². The summed E-state index contributed by atoms with van der Waals surface area (Å²) in [6.07, 6.45) is 4.18. The van der Waals surface area contributed by atoms with Crippen LogP contribution in [0.4, 0.5) is 0 Å². The number of hydrogen-bond donors (Lipinski definition) is 2. The molecule has 0 aliphatic carbocycles. The highest BCUT2D eigenvalue weighted by Gasteiger charge is 2.18. The number of nitrogens with zero attached hydrogens (tertiary/aromatic N) is 4. The van der Waals surface area contributed by atoms with Crippen LogP contribution < -0.4 is 5.43 Å². The second kappa shape index (κ2) is 8.51. The van der Waals surface area contributed by atoms with Gasteiger partial charge in [-0.2, -0.15) is 15.3 Å². The zero-order chi connectivity index (χ0) is 21.1. The molecule has 0 unspecified atom stereocenters. The first-order valence-corrected chi connectivity index (χ1v) is 9.97. The normalized spacial score (nSPS) is 14.6. The molecule has 0 spiro atoms. The smallest absolute Gasteiger partial charge is 0.240 e. The summed E-state index contributed by atoms with van der Waals surface area (Å²) in [7, 11) is 0. The van der Waals surface area contributed by atoms with Gasteiger partial charge in [-0.25, -0.2) is 5.43 Å². The fraction of sp³-hybridized carbons (Fsp3) is 0.182. The van der Waals surface area contributed by atoms with E-state index in [1.807, 2.05) is 41.8 Å². The van der Waals surface area contributed by atoms with Crippen LogP contribution in [0.5, 0.6) is 5.88 Å². The Bertz CT molecular complexity index is 1190. The Balaban J connectivity index is 1.65. The number of carbonyl (C=O) groups is 1. The molecular weight excluding hydrogens is 402 g/mol. The highest BCUT2D eigenvalue weighted by molar-refractivity contribution is 6.30. The second-order valence-corrected chi connectivity index (χ2v) is 7.28. The molecule has 0 saturated heterocycles. The van der Waals surface area contributed by atoms with Gasteiger partial charge in [-0.05, 0) is 36.2 Å². The summed E-state index contributed by atoms with van der Waals surface area (Å²) in [5.41, 5.74) is 6.61. The third kappa shape index (κ3) is 3.97. The average molecular weight is 422 g/mol. The van der Waals surface area contributed by atoms with E-state index in [-0.39, 0.29) is 11.8 Å². The van der Waals surface area contributed by atoms with E-state index in [0.717, 1.165) is 27.7 Å². The maximum absolute atomic E-state index is 11.3. The van der Waals surface area contributed by atoms with E-state index in [2.05, 4.69) is 20.7 Å². The van der Waals surface area contributed by atoms with Crippen LogP contribution in [0.3, 0.4) is 0 Å². The fourth-order valence-corrected chi connectivity index (χ4v) is 3.54. The summed E-state index contributed by atoms with van der Waals surface area (Å²) in [5, 5.41) is 24.6. The van der Waals surface area contributed by atoms with Gasteiger partial charge in [0.25, 0.3) is 0 Å². The predicted molar refractivity (Wildman–Crippen MR) is 120 cm³/mol. The number of rotatable bonds is 5. The number of halogens is 1. The van der Waals surface area contributed by atoms with E-state index >= 15 is 0 Å². The van der Waals surface area contributed by atoms with Crippen molar-refractivity contribution in [1.29, 1.82) is 0 Å². The Morgan fingerprint density at radius 1 is 1.17 bits per heavy atom. The van der Waals surface area contributed by atoms with E-state index in [1.54, 1.807) is 24.6 Å². The molecule has 2 N–H and O–H groups in total. The van der Waals surface area contributed by atoms with Gasteiger partial charge in [-0.3, -0.25) is 4.79 Å². The molecule has 0 radical (unpaired) electrons. The van der Waals surface area contributed by atoms with Crippen LogP contribution in [0.1, 0.15) is 36.5 Å². The summed E-state index contributed by atoms with van der Waals surface area (Å²) in [4.78, 5) is 11.3. The van der Waals surface area contributed by atoms with Gasteiger partial charge in [0, 0.05) is 29.8 Å². The summed E-state index contributed by atoms with van der Waals surface area (Å²) in [6, 6.07) is 13.1. The van der Waals surface area contributed by atoms with E-state index < -0.39 is 0 Å². The molecule has 1 aliphatic rings. The highest BCUT2D eigenvalue weighted by atomic mass is 35.5. The number of benzene rings is 2. The zero-order valence-electron chi connectivity index (χ0n) is 16.3. The van der Waals surface area contributed by atoms with Crippen molar-refractivity contribution < 1.29 is 9.90 Å². The lowest BCUT2D eigenvalue weighted by Gasteiger charge is -2.12. The number of aromatic hydroxyl groups is 1. The number of amides is 1. The molecular formula is C22H20ClN5O2. The molecule has 152 valence electrons. The SMILES string of the molecule is CCn1c(O)c(C=N/N=C/c2ccc(Cl)cc2)c2ccc(C3=NNC(=O)CC3)cc21. The Kier molecular flexibility index (Phi) is 5.63. The molecule has 0 fully saturated rings. The Morgan fingerprint density at radius 3 is 2.63 bits per heavy atom. The number of aromatic nitrogens is 1. The first kappa shape index (κ1) is 19.8. The van der Waals surface area contributed by atoms with Crippen LogP contribution in [0.15, 0.2) is 57.8 Å². The van der Waals surface area contributed by atoms with Gasteiger partial charge in [0.1, 0.15) is 0 Å². The van der Waals surface area contributed by atoms with Crippen molar-refractivity contribution in [3.63, 3.8) is 0 Å². The van der Waals surface area contributed by atoms with E-state index in [0.29, 0.717) is 30.0 Å². The topological polar surface area (TPSA) is 91.3 Å². The lowest BCUT2D eigenvalue weighted by atomic mass is 10.0. The largest absolute Gasteiger partial charge is 0.494 e. The molecule has 8 heteroatoms. The highest BCUT2D eigenvalue weighted by Crippen LogP contribution is 2.31. The molecule has 0 bridgehead atoms. The first-order valence-electron chi connectivity index (χ1n) is 9.59. The zero-order valence-corrected chi connectivity index (χ0v) is 17.1. The van der Waals surface area contributed by atoms with Crippen molar-refractivity contribution in [2.24, 2.45) is 15.3 Å². The molecule has 0 atom stereocenters. The van der Waals surface area contributed by atoms with Crippen LogP contribution in [0, 0.1) is 0 Å². The summed E-state index contributed by atoms with van der Waals surface area (Å²) in [5.74, 6) is 0.0565. The monoisotopic (exact) mass is 421 g/mol. The predicted octanol–water partition coefficient (Wildman–Crippen LogP) is 4.09. The minimum absolute atomic E-state index is 0.0768. The summed E-state index contributed by atoms with van der Waals surface area (Å²) >= 11 is 5.88. The summed E-state index contributed by atoms with van der Waals surface area (Å²) in [6.45, 7) is 2.56. The third-order valence-electron chi connectivity index (χ3n) is 4.96. The second-order valence-electron chi connectivity index (χ2n) is 6.85. The standard InChI is InChI=1S/C22H20ClN5O2/c1-2-28-20-11-15(19-9-10-21(29)27-26-19)5-8-17(20)18(22(28)30)13-25-24-12-14-3-6-16(23)7-4-14/h3-8,11-13,30H,2,9-10H2,1H3,(H,27,29)/b24-12+,25-13?. The Labute approximate surface area is 178 Å². The van der Waals surface area contributed by atoms with Gasteiger partial charge in [-0.1, -0.05) is 35.9 Å². The molecule has 1 aliphatic heterocycles. The molecule has 1 aromatic heterocycles. The third-order valence-corrected chi connectivity index (χ3v) is 5.21. The van der Waals surface area contributed by atoms with Gasteiger partial charge in [0.15, 0.2) is 0 Å². The molecule has 2 aromatic carbocycles. The lowest BCUT2D eigenvalue weighted by molar-refractivity contribution is -0.121. The molecule has 3 aromatic rings. The molecule has 2 heterocycles. The summed E-state index contributed by atoms with van der Waals surface area (Å²) < 4.78 is 1.81. The van der Waals surface area contributed by atoms with Gasteiger partial charge >= 0.3 is 0 Å². The van der Waals surface area contributed by atoms with Crippen LogP contribution in [-0.2, 0) is 11.3 Å². The number of hydrogen-bond acceptors (Lipinski definition) is 5. The van der Waals surface area contributed by atoms with Gasteiger partial charge in [0.2, 0.25) is 11.8 Å². The lowest BCUT2D eigenvalue weighted by Crippen LogP contribution is -2.25. The molecule has 0 saturated carbocycles. The minimum Gasteiger partial charge on any atom is -0.494 e. The average Bonchev–Trinajstić information content (AvgIpc) is 3.03. The van der Waals surface area contributed by atoms with Gasteiger partial charge < -0.3 is 9.67 Å². The molecule has 4 rings (SSSR count). The van der Waals surface area contributed by atoms with Crippen molar-refractivity contribution in [2.75, 3.05) is 0 Å². The number of nitrogens with one attached hydrogen (secondary N) is 1. The Hall–Kier alpha value is -3.45. The van der Waals surface area contributed by atoms with Crippen molar-refractivity contribution in [1.82, 2.24) is 9.99 Å². The number of carbonyl (C=O) groups excluding carboxylic acids is 1. The number of fused-ring (bicyclic) bond motifs is 1. The van der Waals surface area contributed by atoms with E-state index in [9.17, 15) is 9.90 Å². The quantitative estimate of drug-likeness (QED) is 0.479. The van der Waals surface area contributed by atoms with E-state index in [4.69, 9.17) is 11.6 Å². The Morgan fingerprint density at radius 2 is 1.93 bits per heavy atom. The number of aryl methyl sites for hydroxylation is 1. The molecule has 7 nitrogen and oxygen atoms in total.